The summed E-state index contributed by atoms with van der Waals surface area (Å²) in [6, 6.07) is 0. The van der Waals surface area contributed by atoms with Crippen LogP contribution in [0.25, 0.3) is 5.13 Å². The van der Waals surface area contributed by atoms with E-state index in [0.717, 1.165) is 18.0 Å². The van der Waals surface area contributed by atoms with Crippen LogP contribution in [0.4, 0.5) is 0 Å². The van der Waals surface area contributed by atoms with Crippen molar-refractivity contribution in [2.75, 3.05) is 6.54 Å². The molecule has 3 rings (SSSR count). The van der Waals surface area contributed by atoms with Crippen LogP contribution >= 0.6 is 11.3 Å². The van der Waals surface area contributed by atoms with Crippen LogP contribution in [0.15, 0.2) is 24.1 Å². The Morgan fingerprint density at radius 1 is 1.60 bits per heavy atom. The number of carboxylic acid groups (broad SMARTS) is 1. The van der Waals surface area contributed by atoms with E-state index in [9.17, 15) is 9.90 Å². The number of thiazole rings is 1. The molecule has 7 heteroatoms. The van der Waals surface area contributed by atoms with Gasteiger partial charge in [0.2, 0.25) is 0 Å². The second kappa shape index (κ2) is 4.99. The number of nitrogens with zero attached hydrogens (tertiary/aromatic N) is 3. The molecule has 106 valence electrons. The molecule has 0 aromatic carbocycles. The highest BCUT2D eigenvalue weighted by atomic mass is 32.1. The maximum Gasteiger partial charge on any atom is 0.316 e. The Morgan fingerprint density at radius 2 is 2.45 bits per heavy atom. The first-order chi connectivity index (χ1) is 9.68. The van der Waals surface area contributed by atoms with Gasteiger partial charge in [-0.3, -0.25) is 9.36 Å². The standard InChI is InChI=1S/C13H16N4O2S/c14-3-1-2-9-6-13(9,11(18)19)10-7-17(8-16-10)12-15-4-5-20-12/h4-5,7-9H,1-3,6,14H2,(H,18,19)/t9-,13?/m0/s1. The fourth-order valence-electron chi connectivity index (χ4n) is 2.73. The minimum Gasteiger partial charge on any atom is -0.481 e. The normalized spacial score (nSPS) is 24.8. The molecule has 0 amide bonds. The summed E-state index contributed by atoms with van der Waals surface area (Å²) in [4.78, 5) is 20.2. The quantitative estimate of drug-likeness (QED) is 0.839. The first-order valence-corrected chi connectivity index (χ1v) is 7.44. The predicted octanol–water partition coefficient (Wildman–Crippen LogP) is 1.41. The smallest absolute Gasteiger partial charge is 0.316 e. The van der Waals surface area contributed by atoms with Gasteiger partial charge >= 0.3 is 5.97 Å². The van der Waals surface area contributed by atoms with E-state index in [2.05, 4.69) is 9.97 Å². The van der Waals surface area contributed by atoms with Crippen molar-refractivity contribution in [2.45, 2.75) is 24.7 Å². The molecule has 2 heterocycles. The summed E-state index contributed by atoms with van der Waals surface area (Å²) in [6.45, 7) is 0.597. The van der Waals surface area contributed by atoms with Gasteiger partial charge in [-0.15, -0.1) is 11.3 Å². The average Bonchev–Trinajstić information content (AvgIpc) is 2.87. The fourth-order valence-corrected chi connectivity index (χ4v) is 3.32. The Morgan fingerprint density at radius 3 is 3.10 bits per heavy atom. The Hall–Kier alpha value is -1.73. The molecule has 0 aliphatic heterocycles. The van der Waals surface area contributed by atoms with Gasteiger partial charge in [0.05, 0.1) is 5.69 Å². The van der Waals surface area contributed by atoms with Crippen molar-refractivity contribution in [2.24, 2.45) is 11.7 Å². The molecule has 0 saturated heterocycles. The van der Waals surface area contributed by atoms with Crippen molar-refractivity contribution in [3.8, 4) is 5.13 Å². The first-order valence-electron chi connectivity index (χ1n) is 6.56. The average molecular weight is 292 g/mol. The highest BCUT2D eigenvalue weighted by Gasteiger charge is 2.62. The molecule has 0 spiro atoms. The molecule has 2 aromatic heterocycles. The molecule has 1 fully saturated rings. The van der Waals surface area contributed by atoms with Crippen LogP contribution in [0.3, 0.4) is 0 Å². The topological polar surface area (TPSA) is 94.0 Å². The lowest BCUT2D eigenvalue weighted by Gasteiger charge is -2.09. The van der Waals surface area contributed by atoms with E-state index in [1.807, 2.05) is 5.38 Å². The molecule has 0 bridgehead atoms. The number of aromatic nitrogens is 3. The van der Waals surface area contributed by atoms with Crippen molar-refractivity contribution in [3.05, 3.63) is 29.8 Å². The minimum absolute atomic E-state index is 0.142. The van der Waals surface area contributed by atoms with Gasteiger partial charge < -0.3 is 10.8 Å². The Bertz CT molecular complexity index is 610. The van der Waals surface area contributed by atoms with Gasteiger partial charge in [0.1, 0.15) is 11.7 Å². The molecule has 1 aliphatic rings. The second-order valence-corrected chi connectivity index (χ2v) is 5.96. The van der Waals surface area contributed by atoms with Crippen LogP contribution in [0, 0.1) is 5.92 Å². The van der Waals surface area contributed by atoms with Gasteiger partial charge in [0.15, 0.2) is 5.13 Å². The monoisotopic (exact) mass is 292 g/mol. The van der Waals surface area contributed by atoms with Crippen molar-refractivity contribution in [3.63, 3.8) is 0 Å². The number of hydrogen-bond donors (Lipinski definition) is 2. The van der Waals surface area contributed by atoms with E-state index in [4.69, 9.17) is 5.73 Å². The largest absolute Gasteiger partial charge is 0.481 e. The van der Waals surface area contributed by atoms with E-state index in [1.54, 1.807) is 23.3 Å². The summed E-state index contributed by atoms with van der Waals surface area (Å²) >= 11 is 1.49. The van der Waals surface area contributed by atoms with E-state index in [-0.39, 0.29) is 5.92 Å². The second-order valence-electron chi connectivity index (χ2n) is 5.09. The maximum absolute atomic E-state index is 11.7. The van der Waals surface area contributed by atoms with Gasteiger partial charge in [0, 0.05) is 17.8 Å². The lowest BCUT2D eigenvalue weighted by molar-refractivity contribution is -0.140. The minimum atomic E-state index is -0.822. The van der Waals surface area contributed by atoms with Crippen molar-refractivity contribution in [1.82, 2.24) is 14.5 Å². The highest BCUT2D eigenvalue weighted by Crippen LogP contribution is 2.56. The van der Waals surface area contributed by atoms with E-state index in [0.29, 0.717) is 18.7 Å². The lowest BCUT2D eigenvalue weighted by atomic mass is 9.98. The lowest BCUT2D eigenvalue weighted by Crippen LogP contribution is -2.23. The third-order valence-corrected chi connectivity index (χ3v) is 4.71. The van der Waals surface area contributed by atoms with Gasteiger partial charge in [0.25, 0.3) is 0 Å². The molecule has 1 aliphatic carbocycles. The maximum atomic E-state index is 11.7. The van der Waals surface area contributed by atoms with Crippen molar-refractivity contribution >= 4 is 17.3 Å². The van der Waals surface area contributed by atoms with E-state index < -0.39 is 11.4 Å². The first kappa shape index (κ1) is 13.3. The van der Waals surface area contributed by atoms with Crippen LogP contribution in [-0.4, -0.2) is 32.2 Å². The highest BCUT2D eigenvalue weighted by molar-refractivity contribution is 7.12. The van der Waals surface area contributed by atoms with Gasteiger partial charge in [-0.2, -0.15) is 0 Å². The number of imidazole rings is 1. The third kappa shape index (κ3) is 2.03. The summed E-state index contributed by atoms with van der Waals surface area (Å²) < 4.78 is 1.78. The zero-order chi connectivity index (χ0) is 14.2. The van der Waals surface area contributed by atoms with Crippen molar-refractivity contribution < 1.29 is 9.90 Å². The number of hydrogen-bond acceptors (Lipinski definition) is 5. The Labute approximate surface area is 120 Å². The molecule has 1 unspecified atom stereocenters. The van der Waals surface area contributed by atoms with Gasteiger partial charge in [-0.1, -0.05) is 0 Å². The zero-order valence-electron chi connectivity index (χ0n) is 10.9. The Balaban J connectivity index is 1.85. The summed E-state index contributed by atoms with van der Waals surface area (Å²) in [5.74, 6) is -0.646. The number of rotatable bonds is 6. The number of carbonyl (C=O) groups is 1. The molecule has 2 aromatic rings. The number of carboxylic acids is 1. The van der Waals surface area contributed by atoms with Crippen LogP contribution in [0.2, 0.25) is 0 Å². The van der Waals surface area contributed by atoms with Crippen LogP contribution in [0.5, 0.6) is 0 Å². The molecule has 6 nitrogen and oxygen atoms in total. The SMILES string of the molecule is NCCC[C@H]1CC1(C(=O)O)c1cn(-c2nccs2)cn1. The molecule has 1 saturated carbocycles. The van der Waals surface area contributed by atoms with Gasteiger partial charge in [-0.05, 0) is 31.7 Å². The van der Waals surface area contributed by atoms with Gasteiger partial charge in [-0.25, -0.2) is 9.97 Å². The molecule has 3 N–H and O–H groups in total. The zero-order valence-corrected chi connectivity index (χ0v) is 11.7. The molecular weight excluding hydrogens is 276 g/mol. The fraction of sp³-hybridized carbons (Fsp3) is 0.462. The van der Waals surface area contributed by atoms with Crippen LogP contribution in [-0.2, 0) is 10.2 Å². The summed E-state index contributed by atoms with van der Waals surface area (Å²) in [5.41, 5.74) is 5.31. The molecule has 2 atom stereocenters. The summed E-state index contributed by atoms with van der Waals surface area (Å²) in [7, 11) is 0. The third-order valence-electron chi connectivity index (χ3n) is 3.92. The van der Waals surface area contributed by atoms with Crippen LogP contribution in [0.1, 0.15) is 25.0 Å². The van der Waals surface area contributed by atoms with Crippen molar-refractivity contribution in [1.29, 1.82) is 0 Å². The number of aliphatic carboxylic acids is 1. The molecule has 20 heavy (non-hydrogen) atoms. The molecular formula is C13H16N4O2S. The van der Waals surface area contributed by atoms with Crippen LogP contribution < -0.4 is 5.73 Å². The van der Waals surface area contributed by atoms with E-state index >= 15 is 0 Å². The molecule has 0 radical (unpaired) electrons. The summed E-state index contributed by atoms with van der Waals surface area (Å²) in [6.07, 6.45) is 7.48. The number of nitrogens with two attached hydrogens (primary N) is 1. The van der Waals surface area contributed by atoms with E-state index in [1.165, 1.54) is 11.3 Å². The predicted molar refractivity (Wildman–Crippen MR) is 74.9 cm³/mol. The Kier molecular flexibility index (Phi) is 3.31. The summed E-state index contributed by atoms with van der Waals surface area (Å²) in [5, 5.41) is 12.2.